The predicted octanol–water partition coefficient (Wildman–Crippen LogP) is 5.12. The van der Waals surface area contributed by atoms with Crippen molar-refractivity contribution in [3.8, 4) is 28.4 Å². The highest BCUT2D eigenvalue weighted by Crippen LogP contribution is 2.39. The van der Waals surface area contributed by atoms with Gasteiger partial charge in [-0.3, -0.25) is 9.59 Å². The van der Waals surface area contributed by atoms with Gasteiger partial charge in [0.05, 0.1) is 17.9 Å². The minimum Gasteiger partial charge on any atom is -0.492 e. The maximum atomic E-state index is 12.8. The SMILES string of the molecule is CCOc1ccccc1N1CCN(c2c(-c3ccc(Cl)cc3Oc3ccccc3)c(=O)c2=O)CC1. The number of nitrogens with zero attached hydrogens (tertiary/aromatic N) is 2. The lowest BCUT2D eigenvalue weighted by Gasteiger charge is -2.38. The van der Waals surface area contributed by atoms with Crippen LogP contribution in [0.5, 0.6) is 17.2 Å². The van der Waals surface area contributed by atoms with E-state index in [-0.39, 0.29) is 0 Å². The van der Waals surface area contributed by atoms with Crippen LogP contribution in [0.2, 0.25) is 5.02 Å². The molecule has 0 radical (unpaired) electrons. The molecule has 5 rings (SSSR count). The average Bonchev–Trinajstić information content (AvgIpc) is 2.89. The van der Waals surface area contributed by atoms with E-state index >= 15 is 0 Å². The largest absolute Gasteiger partial charge is 0.492 e. The molecule has 1 heterocycles. The lowest BCUT2D eigenvalue weighted by Crippen LogP contribution is -2.51. The maximum absolute atomic E-state index is 12.8. The van der Waals surface area contributed by atoms with E-state index < -0.39 is 10.9 Å². The van der Waals surface area contributed by atoms with Crippen LogP contribution in [-0.4, -0.2) is 32.8 Å². The van der Waals surface area contributed by atoms with Crippen LogP contribution in [0.4, 0.5) is 11.4 Å². The monoisotopic (exact) mass is 488 g/mol. The summed E-state index contributed by atoms with van der Waals surface area (Å²) in [6, 6.07) is 22.4. The van der Waals surface area contributed by atoms with E-state index in [2.05, 4.69) is 4.90 Å². The fourth-order valence-electron chi connectivity index (χ4n) is 4.50. The first-order chi connectivity index (χ1) is 17.1. The van der Waals surface area contributed by atoms with Crippen molar-refractivity contribution in [3.63, 3.8) is 0 Å². The summed E-state index contributed by atoms with van der Waals surface area (Å²) in [5.74, 6) is 1.92. The van der Waals surface area contributed by atoms with Crippen molar-refractivity contribution >= 4 is 23.0 Å². The molecular weight excluding hydrogens is 464 g/mol. The highest BCUT2D eigenvalue weighted by molar-refractivity contribution is 6.30. The van der Waals surface area contributed by atoms with Gasteiger partial charge in [0, 0.05) is 42.8 Å². The van der Waals surface area contributed by atoms with Gasteiger partial charge in [0.15, 0.2) is 0 Å². The van der Waals surface area contributed by atoms with Crippen LogP contribution >= 0.6 is 11.6 Å². The summed E-state index contributed by atoms with van der Waals surface area (Å²) in [5.41, 5.74) is 1.50. The molecule has 1 aliphatic rings. The first-order valence-electron chi connectivity index (χ1n) is 11.6. The van der Waals surface area contributed by atoms with E-state index in [1.807, 2.05) is 66.4 Å². The number of para-hydroxylation sites is 3. The van der Waals surface area contributed by atoms with Gasteiger partial charge in [0.25, 0.3) is 0 Å². The normalized spacial score (nSPS) is 13.8. The molecule has 1 saturated heterocycles. The lowest BCUT2D eigenvalue weighted by atomic mass is 9.96. The molecule has 0 aliphatic carbocycles. The summed E-state index contributed by atoms with van der Waals surface area (Å²) in [5, 5.41) is 0.488. The molecule has 1 aliphatic heterocycles. The molecule has 4 aromatic carbocycles. The van der Waals surface area contributed by atoms with Crippen molar-refractivity contribution in [2.45, 2.75) is 6.92 Å². The molecule has 35 heavy (non-hydrogen) atoms. The van der Waals surface area contributed by atoms with Gasteiger partial charge in [-0.2, -0.15) is 0 Å². The van der Waals surface area contributed by atoms with Crippen molar-refractivity contribution in [3.05, 3.63) is 98.3 Å². The zero-order valence-electron chi connectivity index (χ0n) is 19.4. The molecule has 7 heteroatoms. The van der Waals surface area contributed by atoms with Crippen molar-refractivity contribution in [2.75, 3.05) is 42.6 Å². The van der Waals surface area contributed by atoms with Crippen LogP contribution < -0.4 is 30.1 Å². The van der Waals surface area contributed by atoms with E-state index in [9.17, 15) is 9.59 Å². The number of hydrogen-bond donors (Lipinski definition) is 0. The fourth-order valence-corrected chi connectivity index (χ4v) is 4.66. The Morgan fingerprint density at radius 3 is 2.23 bits per heavy atom. The van der Waals surface area contributed by atoms with Crippen LogP contribution in [0.3, 0.4) is 0 Å². The second kappa shape index (κ2) is 9.84. The molecule has 0 N–H and O–H groups in total. The molecule has 4 aromatic rings. The minimum absolute atomic E-state index is 0.390. The average molecular weight is 489 g/mol. The number of ether oxygens (including phenoxy) is 2. The topological polar surface area (TPSA) is 59.1 Å². The third-order valence-electron chi connectivity index (χ3n) is 6.17. The van der Waals surface area contributed by atoms with Gasteiger partial charge in [0.1, 0.15) is 22.9 Å². The Labute approximate surface area is 208 Å². The van der Waals surface area contributed by atoms with Gasteiger partial charge >= 0.3 is 0 Å². The fraction of sp³-hybridized carbons (Fsp3) is 0.214. The van der Waals surface area contributed by atoms with Gasteiger partial charge in [0.2, 0.25) is 10.9 Å². The van der Waals surface area contributed by atoms with Crippen LogP contribution in [0.25, 0.3) is 11.1 Å². The van der Waals surface area contributed by atoms with Gasteiger partial charge in [-0.15, -0.1) is 0 Å². The van der Waals surface area contributed by atoms with Crippen LogP contribution in [0.1, 0.15) is 6.92 Å². The number of benzene rings is 3. The van der Waals surface area contributed by atoms with E-state index in [1.165, 1.54) is 0 Å². The van der Waals surface area contributed by atoms with Crippen LogP contribution in [-0.2, 0) is 0 Å². The number of anilines is 2. The Morgan fingerprint density at radius 1 is 0.800 bits per heavy atom. The Kier molecular flexibility index (Phi) is 6.47. The second-order valence-electron chi connectivity index (χ2n) is 8.31. The van der Waals surface area contributed by atoms with Crippen LogP contribution in [0.15, 0.2) is 82.4 Å². The quantitative estimate of drug-likeness (QED) is 0.336. The zero-order valence-corrected chi connectivity index (χ0v) is 20.1. The van der Waals surface area contributed by atoms with E-state index in [1.54, 1.807) is 18.2 Å². The molecule has 178 valence electrons. The number of hydrogen-bond acceptors (Lipinski definition) is 6. The van der Waals surface area contributed by atoms with Gasteiger partial charge in [-0.25, -0.2) is 0 Å². The summed E-state index contributed by atoms with van der Waals surface area (Å²) in [6.45, 7) is 5.20. The summed E-state index contributed by atoms with van der Waals surface area (Å²) in [7, 11) is 0. The first-order valence-corrected chi connectivity index (χ1v) is 12.0. The standard InChI is InChI=1S/C28H25ClN2O4/c1-2-34-23-11-7-6-10-22(23)30-14-16-31(17-15-30)26-25(27(32)28(26)33)21-13-12-19(29)18-24(21)35-20-8-4-3-5-9-20/h3-13,18H,2,14-17H2,1H3. The summed E-state index contributed by atoms with van der Waals surface area (Å²) >= 11 is 6.23. The van der Waals surface area contributed by atoms with Crippen molar-refractivity contribution < 1.29 is 9.47 Å². The van der Waals surface area contributed by atoms with Gasteiger partial charge in [-0.1, -0.05) is 41.9 Å². The molecule has 0 unspecified atom stereocenters. The highest BCUT2D eigenvalue weighted by atomic mass is 35.5. The molecule has 0 aromatic heterocycles. The maximum Gasteiger partial charge on any atom is 0.250 e. The predicted molar refractivity (Wildman–Crippen MR) is 140 cm³/mol. The highest BCUT2D eigenvalue weighted by Gasteiger charge is 2.31. The molecular formula is C28H25ClN2O4. The second-order valence-corrected chi connectivity index (χ2v) is 8.75. The molecule has 0 atom stereocenters. The number of rotatable bonds is 7. The molecule has 0 saturated carbocycles. The minimum atomic E-state index is -0.496. The van der Waals surface area contributed by atoms with Crippen molar-refractivity contribution in [1.29, 1.82) is 0 Å². The van der Waals surface area contributed by atoms with E-state index in [4.69, 9.17) is 21.1 Å². The smallest absolute Gasteiger partial charge is 0.250 e. The number of piperazine rings is 1. The Balaban J connectivity index is 1.42. The zero-order chi connectivity index (χ0) is 24.4. The van der Waals surface area contributed by atoms with Crippen molar-refractivity contribution in [1.82, 2.24) is 0 Å². The van der Waals surface area contributed by atoms with Crippen LogP contribution in [0, 0.1) is 0 Å². The van der Waals surface area contributed by atoms with E-state index in [0.29, 0.717) is 66.1 Å². The summed E-state index contributed by atoms with van der Waals surface area (Å²) in [6.07, 6.45) is 0. The first kappa shape index (κ1) is 23.0. The molecule has 6 nitrogen and oxygen atoms in total. The lowest BCUT2D eigenvalue weighted by molar-refractivity contribution is 0.340. The molecule has 0 amide bonds. The van der Waals surface area contributed by atoms with Gasteiger partial charge < -0.3 is 19.3 Å². The Bertz CT molecular complexity index is 1400. The Hall–Kier alpha value is -3.77. The third kappa shape index (κ3) is 4.49. The van der Waals surface area contributed by atoms with Gasteiger partial charge in [-0.05, 0) is 43.3 Å². The third-order valence-corrected chi connectivity index (χ3v) is 6.41. The molecule has 1 fully saturated rings. The summed E-state index contributed by atoms with van der Waals surface area (Å²) in [4.78, 5) is 29.7. The summed E-state index contributed by atoms with van der Waals surface area (Å²) < 4.78 is 11.8. The molecule has 0 bridgehead atoms. The van der Waals surface area contributed by atoms with E-state index in [0.717, 1.165) is 11.4 Å². The molecule has 0 spiro atoms. The van der Waals surface area contributed by atoms with Crippen molar-refractivity contribution in [2.24, 2.45) is 0 Å². The Morgan fingerprint density at radius 2 is 1.49 bits per heavy atom. The number of halogens is 1.